The molecule has 1 unspecified atom stereocenters. The van der Waals surface area contributed by atoms with Gasteiger partial charge in [0.05, 0.1) is 6.61 Å². The molecule has 86 valence electrons. The molecule has 5 nitrogen and oxygen atoms in total. The Morgan fingerprint density at radius 1 is 1.36 bits per heavy atom. The van der Waals surface area contributed by atoms with Crippen LogP contribution in [0.3, 0.4) is 0 Å². The van der Waals surface area contributed by atoms with Crippen LogP contribution in [-0.4, -0.2) is 32.7 Å². The maximum atomic E-state index is 11.3. The number of hydrogen-bond acceptors (Lipinski definition) is 3. The fraction of sp³-hybridized carbons (Fsp3) is 1.00. The Bertz CT molecular complexity index is 239. The van der Waals surface area contributed by atoms with Crippen LogP contribution in [0.15, 0.2) is 0 Å². The maximum Gasteiger partial charge on any atom is 0.277 e. The molecular weight excluding hydrogens is 204 g/mol. The summed E-state index contributed by atoms with van der Waals surface area (Å²) in [6, 6.07) is -0.427. The highest BCUT2D eigenvalue weighted by Gasteiger charge is 2.18. The Morgan fingerprint density at radius 3 is 2.29 bits per heavy atom. The van der Waals surface area contributed by atoms with Gasteiger partial charge in [-0.3, -0.25) is 0 Å². The molecule has 0 bridgehead atoms. The number of nitrogens with one attached hydrogen (secondary N) is 2. The monoisotopic (exact) mass is 224 g/mol. The van der Waals surface area contributed by atoms with Crippen molar-refractivity contribution in [3.63, 3.8) is 0 Å². The fourth-order valence-electron chi connectivity index (χ4n) is 0.862. The Morgan fingerprint density at radius 2 is 1.93 bits per heavy atom. The molecular formula is C8H20N2O3S. The van der Waals surface area contributed by atoms with Gasteiger partial charge in [-0.2, -0.15) is 13.1 Å². The quantitative estimate of drug-likeness (QED) is 0.562. The van der Waals surface area contributed by atoms with Crippen LogP contribution in [0.5, 0.6) is 0 Å². The summed E-state index contributed by atoms with van der Waals surface area (Å²) in [4.78, 5) is 0. The number of aliphatic hydroxyl groups excluding tert-OH is 1. The predicted molar refractivity (Wildman–Crippen MR) is 56.1 cm³/mol. The van der Waals surface area contributed by atoms with Crippen LogP contribution in [0.1, 0.15) is 27.2 Å². The summed E-state index contributed by atoms with van der Waals surface area (Å²) in [5, 5.41) is 8.93. The van der Waals surface area contributed by atoms with E-state index in [0.29, 0.717) is 6.54 Å². The minimum Gasteiger partial charge on any atom is -0.395 e. The van der Waals surface area contributed by atoms with Gasteiger partial charge >= 0.3 is 0 Å². The van der Waals surface area contributed by atoms with Crippen molar-refractivity contribution >= 4 is 10.2 Å². The first-order chi connectivity index (χ1) is 6.43. The van der Waals surface area contributed by atoms with E-state index in [4.69, 9.17) is 5.11 Å². The van der Waals surface area contributed by atoms with Gasteiger partial charge in [0.1, 0.15) is 0 Å². The molecule has 0 aliphatic heterocycles. The minimum absolute atomic E-state index is 0.0678. The average molecular weight is 224 g/mol. The summed E-state index contributed by atoms with van der Waals surface area (Å²) in [7, 11) is -3.46. The van der Waals surface area contributed by atoms with Gasteiger partial charge < -0.3 is 5.11 Å². The van der Waals surface area contributed by atoms with E-state index in [-0.39, 0.29) is 12.5 Å². The summed E-state index contributed by atoms with van der Waals surface area (Å²) in [5.74, 6) is 0.0678. The molecule has 0 aliphatic carbocycles. The molecule has 0 fully saturated rings. The molecule has 0 saturated heterocycles. The number of aliphatic hydroxyl groups is 1. The van der Waals surface area contributed by atoms with Crippen molar-refractivity contribution in [2.45, 2.75) is 33.2 Å². The van der Waals surface area contributed by atoms with Crippen LogP contribution in [0, 0.1) is 5.92 Å². The summed E-state index contributed by atoms with van der Waals surface area (Å²) in [6.07, 6.45) is 0.742. The molecule has 6 heteroatoms. The third-order valence-electron chi connectivity index (χ3n) is 1.85. The molecule has 0 aliphatic rings. The Kier molecular flexibility index (Phi) is 6.26. The highest BCUT2D eigenvalue weighted by molar-refractivity contribution is 7.87. The molecule has 0 aromatic carbocycles. The zero-order valence-corrected chi connectivity index (χ0v) is 9.76. The molecule has 0 saturated carbocycles. The Labute approximate surface area is 86.1 Å². The standard InChI is InChI=1S/C8H20N2O3S/c1-4-5-9-14(12,13)10-8(6-11)7(2)3/h7-11H,4-6H2,1-3H3. The maximum absolute atomic E-state index is 11.3. The van der Waals surface area contributed by atoms with E-state index in [0.717, 1.165) is 6.42 Å². The van der Waals surface area contributed by atoms with Crippen LogP contribution < -0.4 is 9.44 Å². The van der Waals surface area contributed by atoms with Gasteiger partial charge in [0, 0.05) is 12.6 Å². The second-order valence-electron chi connectivity index (χ2n) is 3.55. The third-order valence-corrected chi connectivity index (χ3v) is 3.05. The number of hydrogen-bond donors (Lipinski definition) is 3. The molecule has 1 atom stereocenters. The number of rotatable bonds is 7. The first-order valence-electron chi connectivity index (χ1n) is 4.80. The van der Waals surface area contributed by atoms with Gasteiger partial charge in [-0.25, -0.2) is 4.72 Å². The van der Waals surface area contributed by atoms with E-state index in [2.05, 4.69) is 9.44 Å². The van der Waals surface area contributed by atoms with Gasteiger partial charge in [-0.1, -0.05) is 20.8 Å². The second kappa shape index (κ2) is 6.34. The highest BCUT2D eigenvalue weighted by Crippen LogP contribution is 2.01. The van der Waals surface area contributed by atoms with Crippen molar-refractivity contribution in [1.29, 1.82) is 0 Å². The molecule has 0 spiro atoms. The third kappa shape index (κ3) is 5.54. The van der Waals surface area contributed by atoms with Crippen LogP contribution in [0.25, 0.3) is 0 Å². The first kappa shape index (κ1) is 13.8. The smallest absolute Gasteiger partial charge is 0.277 e. The normalized spacial score (nSPS) is 14.6. The summed E-state index contributed by atoms with van der Waals surface area (Å²) in [5.41, 5.74) is 0. The molecule has 0 aromatic rings. The van der Waals surface area contributed by atoms with Gasteiger partial charge in [-0.15, -0.1) is 0 Å². The van der Waals surface area contributed by atoms with Crippen LogP contribution in [0.2, 0.25) is 0 Å². The zero-order valence-electron chi connectivity index (χ0n) is 8.95. The topological polar surface area (TPSA) is 78.4 Å². The Hall–Kier alpha value is -0.170. The Balaban J connectivity index is 4.18. The van der Waals surface area contributed by atoms with E-state index in [1.807, 2.05) is 20.8 Å². The van der Waals surface area contributed by atoms with Gasteiger partial charge in [0.25, 0.3) is 10.2 Å². The molecule has 14 heavy (non-hydrogen) atoms. The van der Waals surface area contributed by atoms with Crippen molar-refractivity contribution in [3.8, 4) is 0 Å². The summed E-state index contributed by atoms with van der Waals surface area (Å²) >= 11 is 0. The lowest BCUT2D eigenvalue weighted by molar-refractivity contribution is 0.227. The van der Waals surface area contributed by atoms with Crippen molar-refractivity contribution in [3.05, 3.63) is 0 Å². The lowest BCUT2D eigenvalue weighted by Crippen LogP contribution is -2.46. The minimum atomic E-state index is -3.46. The zero-order chi connectivity index (χ0) is 11.2. The van der Waals surface area contributed by atoms with Crippen molar-refractivity contribution in [2.24, 2.45) is 5.92 Å². The molecule has 0 amide bonds. The van der Waals surface area contributed by atoms with Crippen LogP contribution in [0.4, 0.5) is 0 Å². The van der Waals surface area contributed by atoms with Crippen molar-refractivity contribution in [2.75, 3.05) is 13.2 Å². The van der Waals surface area contributed by atoms with Gasteiger partial charge in [0.2, 0.25) is 0 Å². The van der Waals surface area contributed by atoms with E-state index in [1.54, 1.807) is 0 Å². The van der Waals surface area contributed by atoms with Crippen molar-refractivity contribution < 1.29 is 13.5 Å². The predicted octanol–water partition coefficient (Wildman–Crippen LogP) is -0.163. The first-order valence-corrected chi connectivity index (χ1v) is 6.29. The fourth-order valence-corrected chi connectivity index (χ4v) is 2.16. The summed E-state index contributed by atoms with van der Waals surface area (Å²) in [6.45, 7) is 5.80. The van der Waals surface area contributed by atoms with E-state index in [1.165, 1.54) is 0 Å². The van der Waals surface area contributed by atoms with E-state index < -0.39 is 16.3 Å². The molecule has 0 aromatic heterocycles. The van der Waals surface area contributed by atoms with E-state index in [9.17, 15) is 8.42 Å². The highest BCUT2D eigenvalue weighted by atomic mass is 32.2. The van der Waals surface area contributed by atoms with Crippen LogP contribution >= 0.6 is 0 Å². The van der Waals surface area contributed by atoms with E-state index >= 15 is 0 Å². The molecule has 0 rings (SSSR count). The molecule has 0 radical (unpaired) electrons. The SMILES string of the molecule is CCCNS(=O)(=O)NC(CO)C(C)C. The lowest BCUT2D eigenvalue weighted by atomic mass is 10.1. The van der Waals surface area contributed by atoms with Gasteiger partial charge in [0.15, 0.2) is 0 Å². The lowest BCUT2D eigenvalue weighted by Gasteiger charge is -2.19. The largest absolute Gasteiger partial charge is 0.395 e. The van der Waals surface area contributed by atoms with Gasteiger partial charge in [-0.05, 0) is 12.3 Å². The van der Waals surface area contributed by atoms with Crippen molar-refractivity contribution in [1.82, 2.24) is 9.44 Å². The molecule has 0 heterocycles. The molecule has 3 N–H and O–H groups in total. The average Bonchev–Trinajstić information content (AvgIpc) is 2.10. The second-order valence-corrected chi connectivity index (χ2v) is 5.08. The summed E-state index contributed by atoms with van der Waals surface area (Å²) < 4.78 is 27.4. The van der Waals surface area contributed by atoms with Crippen LogP contribution in [-0.2, 0) is 10.2 Å².